The molecule has 2 aromatic carbocycles. The van der Waals surface area contributed by atoms with Crippen molar-refractivity contribution in [3.05, 3.63) is 64.7 Å². The molecular weight excluding hydrogens is 384 g/mol. The number of amides is 1. The largest absolute Gasteiger partial charge is 0.353 e. The number of sulfonamides is 1. The van der Waals surface area contributed by atoms with Crippen molar-refractivity contribution in [1.82, 2.24) is 9.62 Å². The van der Waals surface area contributed by atoms with E-state index in [4.69, 9.17) is 11.6 Å². The quantitative estimate of drug-likeness (QED) is 0.723. The number of nitrogens with zero attached hydrogens (tertiary/aromatic N) is 1. The Kier molecular flexibility index (Phi) is 7.41. The van der Waals surface area contributed by atoms with Crippen molar-refractivity contribution < 1.29 is 13.2 Å². The SMILES string of the molecule is CC[C@H](C)NC(=O)CN(Cc1cccc(C)c1)S(=O)(=O)c1ccc(Cl)cc1. The first-order valence-corrected chi connectivity index (χ1v) is 10.6. The van der Waals surface area contributed by atoms with Crippen molar-refractivity contribution in [2.45, 2.75) is 44.7 Å². The summed E-state index contributed by atoms with van der Waals surface area (Å²) in [6.07, 6.45) is 0.771. The van der Waals surface area contributed by atoms with Gasteiger partial charge < -0.3 is 5.32 Å². The summed E-state index contributed by atoms with van der Waals surface area (Å²) in [6.45, 7) is 5.65. The van der Waals surface area contributed by atoms with E-state index in [9.17, 15) is 13.2 Å². The van der Waals surface area contributed by atoms with E-state index in [0.29, 0.717) is 5.02 Å². The minimum Gasteiger partial charge on any atom is -0.353 e. The number of aryl methyl sites for hydroxylation is 1. The topological polar surface area (TPSA) is 66.5 Å². The van der Waals surface area contributed by atoms with Gasteiger partial charge in [0.25, 0.3) is 0 Å². The number of benzene rings is 2. The average Bonchev–Trinajstić information content (AvgIpc) is 2.61. The van der Waals surface area contributed by atoms with Crippen LogP contribution in [0.2, 0.25) is 5.02 Å². The smallest absolute Gasteiger partial charge is 0.243 e. The summed E-state index contributed by atoms with van der Waals surface area (Å²) in [5.74, 6) is -0.324. The van der Waals surface area contributed by atoms with Gasteiger partial charge in [-0.1, -0.05) is 48.4 Å². The minimum absolute atomic E-state index is 0.0171. The van der Waals surface area contributed by atoms with Crippen LogP contribution in [0.1, 0.15) is 31.4 Å². The predicted molar refractivity (Wildman–Crippen MR) is 108 cm³/mol. The van der Waals surface area contributed by atoms with Crippen molar-refractivity contribution in [3.63, 3.8) is 0 Å². The molecule has 0 spiro atoms. The number of hydrogen-bond acceptors (Lipinski definition) is 3. The fraction of sp³-hybridized carbons (Fsp3) is 0.350. The third-order valence-electron chi connectivity index (χ3n) is 4.23. The lowest BCUT2D eigenvalue weighted by atomic mass is 10.1. The monoisotopic (exact) mass is 408 g/mol. The van der Waals surface area contributed by atoms with Crippen molar-refractivity contribution in [3.8, 4) is 0 Å². The first kappa shape index (κ1) is 21.4. The summed E-state index contributed by atoms with van der Waals surface area (Å²) in [7, 11) is -3.85. The number of halogens is 1. The van der Waals surface area contributed by atoms with Crippen LogP contribution in [0.5, 0.6) is 0 Å². The molecule has 1 amide bonds. The maximum absolute atomic E-state index is 13.1. The Morgan fingerprint density at radius 2 is 1.85 bits per heavy atom. The van der Waals surface area contributed by atoms with Crippen molar-refractivity contribution in [2.24, 2.45) is 0 Å². The van der Waals surface area contributed by atoms with Gasteiger partial charge in [-0.2, -0.15) is 4.31 Å². The molecule has 0 heterocycles. The average molecular weight is 409 g/mol. The fourth-order valence-electron chi connectivity index (χ4n) is 2.58. The van der Waals surface area contributed by atoms with E-state index in [1.807, 2.05) is 45.0 Å². The molecule has 0 unspecified atom stereocenters. The van der Waals surface area contributed by atoms with Gasteiger partial charge in [-0.05, 0) is 50.1 Å². The molecule has 7 heteroatoms. The van der Waals surface area contributed by atoms with Crippen molar-refractivity contribution >= 4 is 27.5 Å². The van der Waals surface area contributed by atoms with Gasteiger partial charge in [-0.15, -0.1) is 0 Å². The van der Waals surface area contributed by atoms with Crippen molar-refractivity contribution in [2.75, 3.05) is 6.54 Å². The first-order valence-electron chi connectivity index (χ1n) is 8.83. The van der Waals surface area contributed by atoms with Gasteiger partial charge in [0.2, 0.25) is 15.9 Å². The molecule has 0 radical (unpaired) electrons. The van der Waals surface area contributed by atoms with E-state index in [1.54, 1.807) is 0 Å². The molecule has 0 aliphatic heterocycles. The lowest BCUT2D eigenvalue weighted by Crippen LogP contribution is -2.43. The van der Waals surface area contributed by atoms with Gasteiger partial charge in [0.15, 0.2) is 0 Å². The molecule has 146 valence electrons. The van der Waals surface area contributed by atoms with Gasteiger partial charge in [0, 0.05) is 17.6 Å². The zero-order chi connectivity index (χ0) is 20.0. The summed E-state index contributed by atoms with van der Waals surface area (Å²) in [4.78, 5) is 12.5. The predicted octanol–water partition coefficient (Wildman–Crippen LogP) is 3.75. The number of carbonyl (C=O) groups is 1. The van der Waals surface area contributed by atoms with Crippen LogP contribution in [0.25, 0.3) is 0 Å². The van der Waals surface area contributed by atoms with E-state index in [1.165, 1.54) is 28.6 Å². The fourth-order valence-corrected chi connectivity index (χ4v) is 4.09. The molecule has 1 atom stereocenters. The zero-order valence-corrected chi connectivity index (χ0v) is 17.3. The van der Waals surface area contributed by atoms with Crippen LogP contribution in [0, 0.1) is 6.92 Å². The Morgan fingerprint density at radius 1 is 1.19 bits per heavy atom. The second kappa shape index (κ2) is 9.35. The molecular formula is C20H25ClN2O3S. The molecule has 2 rings (SSSR count). The van der Waals surface area contributed by atoms with Gasteiger partial charge >= 0.3 is 0 Å². The van der Waals surface area contributed by atoms with E-state index >= 15 is 0 Å². The van der Waals surface area contributed by atoms with Gasteiger partial charge in [0.05, 0.1) is 11.4 Å². The van der Waals surface area contributed by atoms with Crippen molar-refractivity contribution in [1.29, 1.82) is 0 Å². The summed E-state index contributed by atoms with van der Waals surface area (Å²) >= 11 is 5.87. The molecule has 5 nitrogen and oxygen atoms in total. The zero-order valence-electron chi connectivity index (χ0n) is 15.8. The number of nitrogens with one attached hydrogen (secondary N) is 1. The Labute approximate surface area is 166 Å². The second-order valence-corrected chi connectivity index (χ2v) is 8.97. The van der Waals surface area contributed by atoms with Gasteiger partial charge in [-0.3, -0.25) is 4.79 Å². The third-order valence-corrected chi connectivity index (χ3v) is 6.29. The third kappa shape index (κ3) is 6.06. The molecule has 27 heavy (non-hydrogen) atoms. The van der Waals surface area contributed by atoms with Crippen LogP contribution in [0.15, 0.2) is 53.4 Å². The number of rotatable bonds is 8. The number of carbonyl (C=O) groups excluding carboxylic acids is 1. The molecule has 0 aliphatic carbocycles. The van der Waals surface area contributed by atoms with E-state index in [0.717, 1.165) is 17.5 Å². The molecule has 1 N–H and O–H groups in total. The molecule has 0 aliphatic rings. The molecule has 0 saturated carbocycles. The van der Waals surface area contributed by atoms with Gasteiger partial charge in [0.1, 0.15) is 0 Å². The summed E-state index contributed by atoms with van der Waals surface area (Å²) < 4.78 is 27.5. The molecule has 0 bridgehead atoms. The van der Waals surface area contributed by atoms with Crippen LogP contribution in [-0.2, 0) is 21.4 Å². The normalized spacial score (nSPS) is 12.8. The van der Waals surface area contributed by atoms with E-state index in [-0.39, 0.29) is 29.9 Å². The van der Waals surface area contributed by atoms with Crippen LogP contribution in [0.4, 0.5) is 0 Å². The lowest BCUT2D eigenvalue weighted by molar-refractivity contribution is -0.122. The highest BCUT2D eigenvalue weighted by molar-refractivity contribution is 7.89. The summed E-state index contributed by atoms with van der Waals surface area (Å²) in [6, 6.07) is 13.5. The van der Waals surface area contributed by atoms with Gasteiger partial charge in [-0.25, -0.2) is 8.42 Å². The maximum atomic E-state index is 13.1. The Bertz CT molecular complexity index is 882. The Hall–Kier alpha value is -1.89. The maximum Gasteiger partial charge on any atom is 0.243 e. The minimum atomic E-state index is -3.85. The molecule has 0 fully saturated rings. The number of hydrogen-bond donors (Lipinski definition) is 1. The second-order valence-electron chi connectivity index (χ2n) is 6.59. The molecule has 0 saturated heterocycles. The summed E-state index contributed by atoms with van der Waals surface area (Å²) in [5.41, 5.74) is 1.85. The lowest BCUT2D eigenvalue weighted by Gasteiger charge is -2.23. The first-order chi connectivity index (χ1) is 12.7. The molecule has 0 aromatic heterocycles. The standard InChI is InChI=1S/C20H25ClN2O3S/c1-4-16(3)22-20(24)14-23(13-17-7-5-6-15(2)12-17)27(25,26)19-10-8-18(21)9-11-19/h5-12,16H,4,13-14H2,1-3H3,(H,22,24)/t16-/m0/s1. The van der Waals surface area contributed by atoms with Crippen LogP contribution in [-0.4, -0.2) is 31.2 Å². The van der Waals surface area contributed by atoms with Crippen LogP contribution >= 0.6 is 11.6 Å². The highest BCUT2D eigenvalue weighted by atomic mass is 35.5. The Morgan fingerprint density at radius 3 is 2.44 bits per heavy atom. The summed E-state index contributed by atoms with van der Waals surface area (Å²) in [5, 5.41) is 3.28. The van der Waals surface area contributed by atoms with Crippen LogP contribution < -0.4 is 5.32 Å². The molecule has 2 aromatic rings. The van der Waals surface area contributed by atoms with Crippen LogP contribution in [0.3, 0.4) is 0 Å². The van der Waals surface area contributed by atoms with E-state index in [2.05, 4.69) is 5.32 Å². The highest BCUT2D eigenvalue weighted by Crippen LogP contribution is 2.21. The Balaban J connectivity index is 2.32. The highest BCUT2D eigenvalue weighted by Gasteiger charge is 2.27. The van der Waals surface area contributed by atoms with E-state index < -0.39 is 10.0 Å².